The molecule has 2 aliphatic carbocycles. The second kappa shape index (κ2) is 16.1. The number of halogens is 5. The van der Waals surface area contributed by atoms with Gasteiger partial charge in [0, 0.05) is 22.5 Å². The Morgan fingerprint density at radius 1 is 0.865 bits per heavy atom. The van der Waals surface area contributed by atoms with Crippen molar-refractivity contribution in [2.24, 2.45) is 23.7 Å². The van der Waals surface area contributed by atoms with E-state index in [4.69, 9.17) is 9.47 Å². The quantitative estimate of drug-likeness (QED) is 0.0423. The fourth-order valence-electron chi connectivity index (χ4n) is 6.76. The molecule has 52 heavy (non-hydrogen) atoms. The highest BCUT2D eigenvalue weighted by Crippen LogP contribution is 2.59. The van der Waals surface area contributed by atoms with E-state index in [1.807, 2.05) is 51.2 Å². The summed E-state index contributed by atoms with van der Waals surface area (Å²) in [6.45, 7) is -1.97. The van der Waals surface area contributed by atoms with Gasteiger partial charge >= 0.3 is 23.2 Å². The minimum atomic E-state index is -6.05. The Labute approximate surface area is 342 Å². The smallest absolute Gasteiger partial charge is 0.367 e. The van der Waals surface area contributed by atoms with Gasteiger partial charge in [0.25, 0.3) is 0 Å². The first-order valence-corrected chi connectivity index (χ1v) is 21.5. The lowest BCUT2D eigenvalue weighted by Gasteiger charge is -2.30. The van der Waals surface area contributed by atoms with Gasteiger partial charge in [0.1, 0.15) is 12.2 Å². The summed E-state index contributed by atoms with van der Waals surface area (Å²) in [5, 5.41) is -4.82. The lowest BCUT2D eigenvalue weighted by atomic mass is 9.78. The van der Waals surface area contributed by atoms with Gasteiger partial charge in [-0.2, -0.15) is 8.78 Å². The molecule has 0 radical (unpaired) electrons. The molecule has 1 aliphatic heterocycles. The van der Waals surface area contributed by atoms with Gasteiger partial charge in [0.05, 0.1) is 28.3 Å². The first-order chi connectivity index (χ1) is 24.7. The molecule has 4 aromatic carbocycles. The standard InChI is InChI=1S/C18H13F2I3O9S.C18H15S/c19-18(20,33(27,28)29)4-30-16(25)10-6-3-7-11(10)17(26)32-14(7)13(6)31-15(24)8-1-5(21)2-9(22)12(8)23;1-4-10-16(11-5-1)19(17-12-6-2-7-13-17)18-14-8-3-9-15-18/h1-2,6-7,10-11,13-14H,3-4H2,(H,27,28,29);1-15H/q;+1/p-1. The normalized spacial score (nSPS) is 23.1. The second-order valence-electron chi connectivity index (χ2n) is 12.1. The van der Waals surface area contributed by atoms with Crippen molar-refractivity contribution in [1.29, 1.82) is 0 Å². The molecular formula is C36H27F2I3O9S2. The molecule has 0 aromatic heterocycles. The van der Waals surface area contributed by atoms with Crippen LogP contribution in [0.3, 0.4) is 0 Å². The predicted octanol–water partition coefficient (Wildman–Crippen LogP) is 7.30. The van der Waals surface area contributed by atoms with Crippen LogP contribution >= 0.6 is 67.8 Å². The third kappa shape index (κ3) is 8.15. The van der Waals surface area contributed by atoms with E-state index in [0.29, 0.717) is 3.57 Å². The number of alkyl halides is 2. The van der Waals surface area contributed by atoms with Gasteiger partial charge in [0.2, 0.25) is 0 Å². The van der Waals surface area contributed by atoms with Crippen LogP contribution in [0.25, 0.3) is 0 Å². The Balaban J connectivity index is 0.000000206. The largest absolute Gasteiger partial charge is 0.743 e. The molecule has 16 heteroatoms. The van der Waals surface area contributed by atoms with Crippen molar-refractivity contribution in [2.75, 3.05) is 6.61 Å². The zero-order valence-electron chi connectivity index (χ0n) is 26.6. The molecule has 1 saturated heterocycles. The van der Waals surface area contributed by atoms with Crippen LogP contribution in [0.5, 0.6) is 0 Å². The number of benzene rings is 4. The molecule has 0 N–H and O–H groups in total. The molecule has 3 aliphatic rings. The molecular weight excluding hydrogens is 1060 g/mol. The average Bonchev–Trinajstić information content (AvgIpc) is 3.74. The molecule has 2 bridgehead atoms. The lowest BCUT2D eigenvalue weighted by Crippen LogP contribution is -2.45. The Kier molecular flexibility index (Phi) is 12.2. The number of hydrogen-bond donors (Lipinski definition) is 0. The van der Waals surface area contributed by atoms with Gasteiger partial charge in [0.15, 0.2) is 31.4 Å². The zero-order valence-corrected chi connectivity index (χ0v) is 34.7. The molecule has 1 heterocycles. The van der Waals surface area contributed by atoms with Gasteiger partial charge in [-0.1, -0.05) is 54.6 Å². The highest BCUT2D eigenvalue weighted by atomic mass is 127. The zero-order chi connectivity index (χ0) is 37.4. The lowest BCUT2D eigenvalue weighted by molar-refractivity contribution is -0.161. The molecule has 2 saturated carbocycles. The van der Waals surface area contributed by atoms with E-state index < -0.39 is 75.8 Å². The minimum absolute atomic E-state index is 0.0146. The summed E-state index contributed by atoms with van der Waals surface area (Å²) in [6.07, 6.45) is -1.52. The van der Waals surface area contributed by atoms with Crippen LogP contribution in [0.1, 0.15) is 16.8 Å². The number of ether oxygens (including phenoxy) is 3. The van der Waals surface area contributed by atoms with Crippen molar-refractivity contribution in [1.82, 2.24) is 0 Å². The fourth-order valence-corrected chi connectivity index (χ4v) is 11.4. The molecule has 0 spiro atoms. The molecule has 7 rings (SSSR count). The molecule has 4 aromatic rings. The van der Waals surface area contributed by atoms with Gasteiger partial charge < -0.3 is 18.8 Å². The highest BCUT2D eigenvalue weighted by Gasteiger charge is 2.70. The monoisotopic (exact) mass is 1090 g/mol. The van der Waals surface area contributed by atoms with Crippen molar-refractivity contribution in [2.45, 2.75) is 38.6 Å². The Hall–Kier alpha value is -2.40. The summed E-state index contributed by atoms with van der Waals surface area (Å²) in [5.74, 6) is -6.16. The summed E-state index contributed by atoms with van der Waals surface area (Å²) >= 11 is 6.11. The van der Waals surface area contributed by atoms with E-state index in [2.05, 4.69) is 118 Å². The summed E-state index contributed by atoms with van der Waals surface area (Å²) in [7, 11) is -6.06. The van der Waals surface area contributed by atoms with Crippen molar-refractivity contribution >= 4 is 107 Å². The minimum Gasteiger partial charge on any atom is -0.743 e. The van der Waals surface area contributed by atoms with Crippen molar-refractivity contribution in [3.8, 4) is 0 Å². The molecule has 6 atom stereocenters. The number of hydrogen-bond acceptors (Lipinski definition) is 9. The Morgan fingerprint density at radius 3 is 1.88 bits per heavy atom. The van der Waals surface area contributed by atoms with Crippen LogP contribution in [0.2, 0.25) is 0 Å². The van der Waals surface area contributed by atoms with E-state index in [9.17, 15) is 36.1 Å². The summed E-state index contributed by atoms with van der Waals surface area (Å²) < 4.78 is 76.5. The van der Waals surface area contributed by atoms with Crippen molar-refractivity contribution in [3.05, 3.63) is 119 Å². The van der Waals surface area contributed by atoms with Gasteiger partial charge in [-0.3, -0.25) is 9.59 Å². The first-order valence-electron chi connectivity index (χ1n) is 15.6. The predicted molar refractivity (Wildman–Crippen MR) is 209 cm³/mol. The molecule has 6 unspecified atom stereocenters. The van der Waals surface area contributed by atoms with Gasteiger partial charge in [-0.15, -0.1) is 0 Å². The van der Waals surface area contributed by atoms with Crippen LogP contribution in [0.4, 0.5) is 8.78 Å². The topological polar surface area (TPSA) is 136 Å². The molecule has 0 amide bonds. The van der Waals surface area contributed by atoms with Gasteiger partial charge in [-0.05, 0) is 123 Å². The van der Waals surface area contributed by atoms with Crippen molar-refractivity contribution < 1.29 is 50.3 Å². The van der Waals surface area contributed by atoms with E-state index >= 15 is 0 Å². The fraction of sp³-hybridized carbons (Fsp3) is 0.250. The SMILES string of the molecule is O=C(OC1C2CC3C1OC(=O)C3C2C(=O)OCC(F)(F)S(=O)(=O)[O-])c1cc(I)cc(I)c1I.c1ccc([S+](c2ccccc2)c2ccccc2)cc1. The summed E-state index contributed by atoms with van der Waals surface area (Å²) in [6, 6.07) is 35.6. The highest BCUT2D eigenvalue weighted by molar-refractivity contribution is 14.1. The van der Waals surface area contributed by atoms with E-state index in [0.717, 1.165) is 7.14 Å². The summed E-state index contributed by atoms with van der Waals surface area (Å²) in [5.41, 5.74) is 0.287. The third-order valence-corrected chi connectivity index (χ3v) is 15.7. The molecule has 3 fully saturated rings. The number of fused-ring (bicyclic) bond motifs is 1. The van der Waals surface area contributed by atoms with Crippen molar-refractivity contribution in [3.63, 3.8) is 0 Å². The maximum absolute atomic E-state index is 13.4. The van der Waals surface area contributed by atoms with E-state index in [1.165, 1.54) is 14.7 Å². The number of carbonyl (C=O) groups excluding carboxylic acids is 3. The van der Waals surface area contributed by atoms with E-state index in [1.54, 1.807) is 6.07 Å². The number of rotatable bonds is 9. The third-order valence-electron chi connectivity index (χ3n) is 8.96. The maximum Gasteiger partial charge on any atom is 0.367 e. The van der Waals surface area contributed by atoms with E-state index in [-0.39, 0.29) is 22.9 Å². The second-order valence-corrected chi connectivity index (χ2v) is 19.1. The van der Waals surface area contributed by atoms with Crippen LogP contribution < -0.4 is 0 Å². The Morgan fingerprint density at radius 2 is 1.38 bits per heavy atom. The summed E-state index contributed by atoms with van der Waals surface area (Å²) in [4.78, 5) is 41.9. The average molecular weight is 1090 g/mol. The van der Waals surface area contributed by atoms with Crippen LogP contribution in [-0.4, -0.2) is 54.9 Å². The molecule has 272 valence electrons. The number of carbonyl (C=O) groups is 3. The Bertz CT molecular complexity index is 1980. The van der Waals surface area contributed by atoms with Crippen LogP contribution in [0, 0.1) is 34.4 Å². The first kappa shape index (κ1) is 39.3. The van der Waals surface area contributed by atoms with Crippen LogP contribution in [-0.2, 0) is 44.8 Å². The molecule has 9 nitrogen and oxygen atoms in total. The number of esters is 3. The van der Waals surface area contributed by atoms with Gasteiger partial charge in [-0.25, -0.2) is 13.2 Å². The maximum atomic E-state index is 13.4. The van der Waals surface area contributed by atoms with Crippen LogP contribution in [0.15, 0.2) is 118 Å².